The SMILES string of the molecule is CN(C)CCNC(=O)CNC(=O)Cc1ccc(Cl)cc1. The minimum absolute atomic E-state index is 0.000147. The molecule has 0 unspecified atom stereocenters. The molecule has 2 N–H and O–H groups in total. The second kappa shape index (κ2) is 8.55. The summed E-state index contributed by atoms with van der Waals surface area (Å²) >= 11 is 5.76. The maximum absolute atomic E-state index is 11.7. The quantitative estimate of drug-likeness (QED) is 0.778. The van der Waals surface area contributed by atoms with E-state index >= 15 is 0 Å². The topological polar surface area (TPSA) is 61.4 Å². The van der Waals surface area contributed by atoms with E-state index in [1.165, 1.54) is 0 Å². The highest BCUT2D eigenvalue weighted by Crippen LogP contribution is 2.09. The van der Waals surface area contributed by atoms with Crippen LogP contribution in [0.15, 0.2) is 24.3 Å². The van der Waals surface area contributed by atoms with Gasteiger partial charge in [-0.1, -0.05) is 23.7 Å². The van der Waals surface area contributed by atoms with E-state index < -0.39 is 0 Å². The van der Waals surface area contributed by atoms with Crippen LogP contribution in [0.25, 0.3) is 0 Å². The van der Waals surface area contributed by atoms with E-state index in [1.54, 1.807) is 24.3 Å². The number of rotatable bonds is 7. The number of nitrogens with one attached hydrogen (secondary N) is 2. The van der Waals surface area contributed by atoms with Gasteiger partial charge in [0.15, 0.2) is 0 Å². The number of likely N-dealkylation sites (N-methyl/N-ethyl adjacent to an activating group) is 1. The molecular weight excluding hydrogens is 278 g/mol. The van der Waals surface area contributed by atoms with Crippen molar-refractivity contribution in [3.05, 3.63) is 34.9 Å². The van der Waals surface area contributed by atoms with Crippen molar-refractivity contribution in [3.63, 3.8) is 0 Å². The van der Waals surface area contributed by atoms with Crippen LogP contribution in [-0.2, 0) is 16.0 Å². The van der Waals surface area contributed by atoms with E-state index in [2.05, 4.69) is 10.6 Å². The van der Waals surface area contributed by atoms with E-state index in [4.69, 9.17) is 11.6 Å². The summed E-state index contributed by atoms with van der Waals surface area (Å²) in [7, 11) is 3.86. The van der Waals surface area contributed by atoms with Gasteiger partial charge in [0.2, 0.25) is 11.8 Å². The molecule has 0 aliphatic rings. The van der Waals surface area contributed by atoms with E-state index in [1.807, 2.05) is 19.0 Å². The Bertz CT molecular complexity index is 446. The monoisotopic (exact) mass is 297 g/mol. The van der Waals surface area contributed by atoms with Gasteiger partial charge < -0.3 is 15.5 Å². The van der Waals surface area contributed by atoms with E-state index in [9.17, 15) is 9.59 Å². The number of carbonyl (C=O) groups excluding carboxylic acids is 2. The Balaban J connectivity index is 2.22. The Labute approximate surface area is 124 Å². The second-order valence-electron chi connectivity index (χ2n) is 4.73. The number of carbonyl (C=O) groups is 2. The third-order valence-electron chi connectivity index (χ3n) is 2.61. The maximum Gasteiger partial charge on any atom is 0.239 e. The van der Waals surface area contributed by atoms with Gasteiger partial charge in [-0.25, -0.2) is 0 Å². The molecule has 0 aliphatic carbocycles. The van der Waals surface area contributed by atoms with Crippen molar-refractivity contribution < 1.29 is 9.59 Å². The normalized spacial score (nSPS) is 10.4. The zero-order chi connectivity index (χ0) is 15.0. The second-order valence-corrected chi connectivity index (χ2v) is 5.17. The Morgan fingerprint density at radius 2 is 1.75 bits per heavy atom. The van der Waals surface area contributed by atoms with Crippen LogP contribution < -0.4 is 10.6 Å². The smallest absolute Gasteiger partial charge is 0.239 e. The van der Waals surface area contributed by atoms with E-state index in [-0.39, 0.29) is 24.8 Å². The van der Waals surface area contributed by atoms with Gasteiger partial charge in [0.05, 0.1) is 13.0 Å². The van der Waals surface area contributed by atoms with Crippen LogP contribution in [0.3, 0.4) is 0 Å². The highest BCUT2D eigenvalue weighted by molar-refractivity contribution is 6.30. The Hall–Kier alpha value is -1.59. The van der Waals surface area contributed by atoms with Crippen LogP contribution in [0.4, 0.5) is 0 Å². The molecule has 1 aromatic rings. The third kappa shape index (κ3) is 7.11. The van der Waals surface area contributed by atoms with Gasteiger partial charge in [0, 0.05) is 18.1 Å². The molecule has 20 heavy (non-hydrogen) atoms. The van der Waals surface area contributed by atoms with E-state index in [0.29, 0.717) is 11.6 Å². The van der Waals surface area contributed by atoms with Crippen molar-refractivity contribution >= 4 is 23.4 Å². The minimum Gasteiger partial charge on any atom is -0.353 e. The summed E-state index contributed by atoms with van der Waals surface area (Å²) in [6.45, 7) is 1.34. The molecule has 0 spiro atoms. The lowest BCUT2D eigenvalue weighted by atomic mass is 10.1. The first-order valence-electron chi connectivity index (χ1n) is 6.40. The minimum atomic E-state index is -0.185. The number of benzene rings is 1. The lowest BCUT2D eigenvalue weighted by Crippen LogP contribution is -2.39. The number of amides is 2. The number of hydrogen-bond donors (Lipinski definition) is 2. The molecule has 0 aromatic heterocycles. The highest BCUT2D eigenvalue weighted by atomic mass is 35.5. The largest absolute Gasteiger partial charge is 0.353 e. The van der Waals surface area contributed by atoms with Gasteiger partial charge in [-0.15, -0.1) is 0 Å². The number of halogens is 1. The zero-order valence-corrected chi connectivity index (χ0v) is 12.5. The van der Waals surface area contributed by atoms with Gasteiger partial charge in [0.1, 0.15) is 0 Å². The predicted molar refractivity (Wildman–Crippen MR) is 79.7 cm³/mol. The Morgan fingerprint density at radius 1 is 1.10 bits per heavy atom. The van der Waals surface area contributed by atoms with Crippen molar-refractivity contribution in [1.82, 2.24) is 15.5 Å². The fourth-order valence-corrected chi connectivity index (χ4v) is 1.64. The summed E-state index contributed by atoms with van der Waals surface area (Å²) in [5.41, 5.74) is 0.861. The van der Waals surface area contributed by atoms with Crippen molar-refractivity contribution in [1.29, 1.82) is 0 Å². The van der Waals surface area contributed by atoms with Gasteiger partial charge in [0.25, 0.3) is 0 Å². The summed E-state index contributed by atoms with van der Waals surface area (Å²) in [5, 5.41) is 5.95. The van der Waals surface area contributed by atoms with Crippen LogP contribution in [0, 0.1) is 0 Å². The van der Waals surface area contributed by atoms with Crippen LogP contribution >= 0.6 is 11.6 Å². The third-order valence-corrected chi connectivity index (χ3v) is 2.86. The molecule has 0 aliphatic heterocycles. The fraction of sp³-hybridized carbons (Fsp3) is 0.429. The Morgan fingerprint density at radius 3 is 2.35 bits per heavy atom. The van der Waals surface area contributed by atoms with Crippen LogP contribution in [0.5, 0.6) is 0 Å². The van der Waals surface area contributed by atoms with Crippen LogP contribution in [0.2, 0.25) is 5.02 Å². The van der Waals surface area contributed by atoms with Gasteiger partial charge >= 0.3 is 0 Å². The summed E-state index contributed by atoms with van der Waals surface area (Å²) in [5.74, 6) is -0.369. The summed E-state index contributed by atoms with van der Waals surface area (Å²) in [6.07, 6.45) is 0.238. The molecule has 0 atom stereocenters. The molecule has 6 heteroatoms. The first kappa shape index (κ1) is 16.5. The predicted octanol–water partition coefficient (Wildman–Crippen LogP) is 0.677. The summed E-state index contributed by atoms with van der Waals surface area (Å²) in [4.78, 5) is 25.1. The van der Waals surface area contributed by atoms with Crippen LogP contribution in [0.1, 0.15) is 5.56 Å². The lowest BCUT2D eigenvalue weighted by molar-refractivity contribution is -0.125. The summed E-state index contributed by atoms with van der Waals surface area (Å²) in [6, 6.07) is 7.05. The highest BCUT2D eigenvalue weighted by Gasteiger charge is 2.06. The molecule has 110 valence electrons. The molecule has 1 aromatic carbocycles. The van der Waals surface area contributed by atoms with Crippen molar-refractivity contribution in [2.75, 3.05) is 33.7 Å². The van der Waals surface area contributed by atoms with Crippen molar-refractivity contribution in [2.45, 2.75) is 6.42 Å². The molecule has 0 saturated heterocycles. The first-order valence-corrected chi connectivity index (χ1v) is 6.77. The average molecular weight is 298 g/mol. The lowest BCUT2D eigenvalue weighted by Gasteiger charge is -2.10. The molecule has 0 fully saturated rings. The molecule has 0 saturated carbocycles. The zero-order valence-electron chi connectivity index (χ0n) is 11.8. The maximum atomic E-state index is 11.7. The first-order chi connectivity index (χ1) is 9.47. The van der Waals surface area contributed by atoms with Gasteiger partial charge in [-0.2, -0.15) is 0 Å². The van der Waals surface area contributed by atoms with Gasteiger partial charge in [-0.3, -0.25) is 9.59 Å². The van der Waals surface area contributed by atoms with Crippen molar-refractivity contribution in [3.8, 4) is 0 Å². The standard InChI is InChI=1S/C14H20ClN3O2/c1-18(2)8-7-16-14(20)10-17-13(19)9-11-3-5-12(15)6-4-11/h3-6H,7-10H2,1-2H3,(H,16,20)(H,17,19). The molecule has 5 nitrogen and oxygen atoms in total. The van der Waals surface area contributed by atoms with E-state index in [0.717, 1.165) is 12.1 Å². The Kier molecular flexibility index (Phi) is 7.04. The molecule has 1 rings (SSSR count). The molecule has 0 bridgehead atoms. The van der Waals surface area contributed by atoms with Crippen LogP contribution in [-0.4, -0.2) is 50.4 Å². The van der Waals surface area contributed by atoms with Gasteiger partial charge in [-0.05, 0) is 31.8 Å². The van der Waals surface area contributed by atoms with Crippen molar-refractivity contribution in [2.24, 2.45) is 0 Å². The molecule has 2 amide bonds. The number of hydrogen-bond acceptors (Lipinski definition) is 3. The molecular formula is C14H20ClN3O2. The fourth-order valence-electron chi connectivity index (χ4n) is 1.51. The average Bonchev–Trinajstić information content (AvgIpc) is 2.39. The number of nitrogens with zero attached hydrogens (tertiary/aromatic N) is 1. The molecule has 0 radical (unpaired) electrons. The molecule has 0 heterocycles. The summed E-state index contributed by atoms with van der Waals surface area (Å²) < 4.78 is 0.